The Hall–Kier alpha value is -2.17. The lowest BCUT2D eigenvalue weighted by molar-refractivity contribution is -0.114. The number of carbonyl (C=O) groups is 1. The minimum absolute atomic E-state index is 0.0454. The number of hydrogen-bond donors (Lipinski definition) is 1. The Kier molecular flexibility index (Phi) is 4.20. The monoisotopic (exact) mass is 313 g/mol. The predicted molar refractivity (Wildman–Crippen MR) is 90.2 cm³/mol. The molecule has 1 N–H and O–H groups in total. The molecule has 2 aromatic rings. The number of allylic oxidation sites excluding steroid dienone is 1. The molecule has 23 heavy (non-hydrogen) atoms. The molecule has 0 saturated heterocycles. The van der Waals surface area contributed by atoms with Crippen molar-refractivity contribution in [3.8, 4) is 5.88 Å². The van der Waals surface area contributed by atoms with Gasteiger partial charge in [-0.1, -0.05) is 20.8 Å². The van der Waals surface area contributed by atoms with Crippen LogP contribution in [0.3, 0.4) is 0 Å². The Labute approximate surface area is 136 Å². The lowest BCUT2D eigenvalue weighted by atomic mass is 9.99. The second-order valence-corrected chi connectivity index (χ2v) is 7.44. The molecule has 1 aliphatic rings. The molecule has 5 nitrogen and oxygen atoms in total. The van der Waals surface area contributed by atoms with Crippen LogP contribution in [0.15, 0.2) is 18.6 Å². The first-order chi connectivity index (χ1) is 10.9. The molecule has 0 aromatic carbocycles. The fourth-order valence-electron chi connectivity index (χ4n) is 2.34. The third-order valence-corrected chi connectivity index (χ3v) is 3.74. The molecule has 2 heterocycles. The number of ether oxygens (including phenoxy) is 1. The Morgan fingerprint density at radius 1 is 1.39 bits per heavy atom. The van der Waals surface area contributed by atoms with Crippen LogP contribution < -0.4 is 4.74 Å². The van der Waals surface area contributed by atoms with Crippen LogP contribution in [0.25, 0.3) is 17.1 Å². The summed E-state index contributed by atoms with van der Waals surface area (Å²) in [5.41, 5.74) is 1.65. The van der Waals surface area contributed by atoms with Crippen LogP contribution >= 0.6 is 0 Å². The Morgan fingerprint density at radius 3 is 2.87 bits per heavy atom. The molecule has 0 radical (unpaired) electrons. The molecule has 0 amide bonds. The average molecular weight is 313 g/mol. The van der Waals surface area contributed by atoms with Gasteiger partial charge < -0.3 is 9.72 Å². The summed E-state index contributed by atoms with van der Waals surface area (Å²) in [6, 6.07) is 0. The summed E-state index contributed by atoms with van der Waals surface area (Å²) in [5.74, 6) is 1.33. The second kappa shape index (κ2) is 6.14. The highest BCUT2D eigenvalue weighted by molar-refractivity contribution is 5.98. The molecular formula is C18H23N3O2. The standard InChI is InChI=1S/C18H23N3O2/c1-18(2,3)10-23-17-15-13(9-19-16(15)20-11-21-17)6-7-14(22)8-12-4-5-12/h6-7,9,11-12H,4-5,8,10H2,1-3H3,(H,19,20,21)/b7-6+. The number of carbonyl (C=O) groups excluding carboxylic acids is 1. The number of H-pyrrole nitrogens is 1. The van der Waals surface area contributed by atoms with E-state index in [1.807, 2.05) is 12.3 Å². The number of ketones is 1. The van der Waals surface area contributed by atoms with Crippen molar-refractivity contribution in [3.63, 3.8) is 0 Å². The van der Waals surface area contributed by atoms with Gasteiger partial charge in [0.1, 0.15) is 12.0 Å². The predicted octanol–water partition coefficient (Wildman–Crippen LogP) is 3.77. The number of aromatic amines is 1. The van der Waals surface area contributed by atoms with Crippen molar-refractivity contribution >= 4 is 22.9 Å². The van der Waals surface area contributed by atoms with E-state index in [1.165, 1.54) is 19.2 Å². The van der Waals surface area contributed by atoms with Gasteiger partial charge in [-0.2, -0.15) is 0 Å². The van der Waals surface area contributed by atoms with Crippen LogP contribution in [-0.4, -0.2) is 27.3 Å². The lowest BCUT2D eigenvalue weighted by Gasteiger charge is -2.18. The molecule has 1 aliphatic carbocycles. The van der Waals surface area contributed by atoms with E-state index in [-0.39, 0.29) is 11.2 Å². The van der Waals surface area contributed by atoms with E-state index >= 15 is 0 Å². The zero-order chi connectivity index (χ0) is 16.4. The minimum atomic E-state index is 0.0454. The van der Waals surface area contributed by atoms with Crippen molar-refractivity contribution in [2.24, 2.45) is 11.3 Å². The van der Waals surface area contributed by atoms with Gasteiger partial charge in [0.15, 0.2) is 5.78 Å². The fourth-order valence-corrected chi connectivity index (χ4v) is 2.34. The summed E-state index contributed by atoms with van der Waals surface area (Å²) in [4.78, 5) is 23.5. The SMILES string of the molecule is CC(C)(C)COc1ncnc2[nH]cc(/C=C/C(=O)CC3CC3)c12. The fraction of sp³-hybridized carbons (Fsp3) is 0.500. The first kappa shape index (κ1) is 15.7. The van der Waals surface area contributed by atoms with Gasteiger partial charge in [0, 0.05) is 18.2 Å². The zero-order valence-corrected chi connectivity index (χ0v) is 13.9. The Morgan fingerprint density at radius 2 is 2.17 bits per heavy atom. The number of fused-ring (bicyclic) bond motifs is 1. The second-order valence-electron chi connectivity index (χ2n) is 7.44. The molecule has 0 atom stereocenters. The minimum Gasteiger partial charge on any atom is -0.477 e. The van der Waals surface area contributed by atoms with Crippen molar-refractivity contribution in [1.82, 2.24) is 15.0 Å². The van der Waals surface area contributed by atoms with Gasteiger partial charge in [-0.3, -0.25) is 4.79 Å². The van der Waals surface area contributed by atoms with Gasteiger partial charge in [0.25, 0.3) is 0 Å². The first-order valence-corrected chi connectivity index (χ1v) is 8.08. The van der Waals surface area contributed by atoms with Gasteiger partial charge in [0.05, 0.1) is 12.0 Å². The maximum Gasteiger partial charge on any atom is 0.226 e. The number of hydrogen-bond acceptors (Lipinski definition) is 4. The highest BCUT2D eigenvalue weighted by Crippen LogP contribution is 2.33. The molecule has 0 spiro atoms. The van der Waals surface area contributed by atoms with Gasteiger partial charge >= 0.3 is 0 Å². The van der Waals surface area contributed by atoms with E-state index in [2.05, 4.69) is 35.7 Å². The lowest BCUT2D eigenvalue weighted by Crippen LogP contribution is -2.17. The highest BCUT2D eigenvalue weighted by Gasteiger charge is 2.23. The summed E-state index contributed by atoms with van der Waals surface area (Å²) in [6.45, 7) is 6.90. The molecule has 0 aliphatic heterocycles. The van der Waals surface area contributed by atoms with Gasteiger partial charge in [-0.25, -0.2) is 9.97 Å². The number of aromatic nitrogens is 3. The van der Waals surface area contributed by atoms with Crippen LogP contribution in [0.1, 0.15) is 45.6 Å². The summed E-state index contributed by atoms with van der Waals surface area (Å²) in [5, 5.41) is 0.826. The van der Waals surface area contributed by atoms with Crippen LogP contribution in [0.5, 0.6) is 5.88 Å². The summed E-state index contributed by atoms with van der Waals surface area (Å²) >= 11 is 0. The van der Waals surface area contributed by atoms with E-state index < -0.39 is 0 Å². The maximum absolute atomic E-state index is 11.9. The molecule has 0 unspecified atom stereocenters. The van der Waals surface area contributed by atoms with Crippen molar-refractivity contribution in [1.29, 1.82) is 0 Å². The molecule has 1 fully saturated rings. The molecular weight excluding hydrogens is 290 g/mol. The third kappa shape index (κ3) is 4.18. The Bertz CT molecular complexity index is 736. The molecule has 122 valence electrons. The van der Waals surface area contributed by atoms with Crippen LogP contribution in [0.4, 0.5) is 0 Å². The quantitative estimate of drug-likeness (QED) is 0.824. The first-order valence-electron chi connectivity index (χ1n) is 8.08. The highest BCUT2D eigenvalue weighted by atomic mass is 16.5. The van der Waals surface area contributed by atoms with Crippen molar-refractivity contribution < 1.29 is 9.53 Å². The summed E-state index contributed by atoms with van der Waals surface area (Å²) < 4.78 is 5.87. The smallest absolute Gasteiger partial charge is 0.226 e. The van der Waals surface area contributed by atoms with Gasteiger partial charge in [0.2, 0.25) is 5.88 Å². The molecule has 3 rings (SSSR count). The third-order valence-electron chi connectivity index (χ3n) is 3.74. The van der Waals surface area contributed by atoms with Crippen LogP contribution in [-0.2, 0) is 4.79 Å². The van der Waals surface area contributed by atoms with Crippen molar-refractivity contribution in [3.05, 3.63) is 24.2 Å². The molecule has 5 heteroatoms. The van der Waals surface area contributed by atoms with E-state index in [4.69, 9.17) is 4.74 Å². The van der Waals surface area contributed by atoms with Crippen LogP contribution in [0.2, 0.25) is 0 Å². The summed E-state index contributed by atoms with van der Waals surface area (Å²) in [6.07, 6.45) is 9.84. The number of nitrogens with one attached hydrogen (secondary N) is 1. The topological polar surface area (TPSA) is 67.9 Å². The average Bonchev–Trinajstić information content (AvgIpc) is 3.19. The normalized spacial score (nSPS) is 15.4. The maximum atomic E-state index is 11.9. The summed E-state index contributed by atoms with van der Waals surface area (Å²) in [7, 11) is 0. The zero-order valence-electron chi connectivity index (χ0n) is 13.9. The van der Waals surface area contributed by atoms with E-state index in [9.17, 15) is 4.79 Å². The van der Waals surface area contributed by atoms with E-state index in [0.29, 0.717) is 24.8 Å². The van der Waals surface area contributed by atoms with Gasteiger partial charge in [-0.05, 0) is 36.3 Å². The molecule has 1 saturated carbocycles. The largest absolute Gasteiger partial charge is 0.477 e. The molecule has 2 aromatic heterocycles. The number of nitrogens with zero attached hydrogens (tertiary/aromatic N) is 2. The van der Waals surface area contributed by atoms with Crippen molar-refractivity contribution in [2.45, 2.75) is 40.0 Å². The van der Waals surface area contributed by atoms with E-state index in [0.717, 1.165) is 16.6 Å². The van der Waals surface area contributed by atoms with Gasteiger partial charge in [-0.15, -0.1) is 0 Å². The Balaban J connectivity index is 1.82. The number of rotatable bonds is 6. The van der Waals surface area contributed by atoms with E-state index in [1.54, 1.807) is 6.08 Å². The van der Waals surface area contributed by atoms with Crippen molar-refractivity contribution in [2.75, 3.05) is 6.61 Å². The van der Waals surface area contributed by atoms with Crippen LogP contribution in [0, 0.1) is 11.3 Å². The molecule has 0 bridgehead atoms.